The van der Waals surface area contributed by atoms with Gasteiger partial charge in [0.25, 0.3) is 5.91 Å². The van der Waals surface area contributed by atoms with Crippen LogP contribution in [0.2, 0.25) is 0 Å². The van der Waals surface area contributed by atoms with Crippen LogP contribution >= 0.6 is 0 Å². The average Bonchev–Trinajstić information content (AvgIpc) is 2.88. The topological polar surface area (TPSA) is 83.5 Å². The molecule has 1 aromatic heterocycles. The van der Waals surface area contributed by atoms with Crippen molar-refractivity contribution < 1.29 is 13.2 Å². The van der Waals surface area contributed by atoms with E-state index >= 15 is 0 Å². The number of nitrogens with zero attached hydrogens (tertiary/aromatic N) is 4. The number of hydrogen-bond donors (Lipinski definition) is 0. The second-order valence-electron chi connectivity index (χ2n) is 5.39. The fraction of sp³-hybridized carbons (Fsp3) is 0.643. The first-order chi connectivity index (χ1) is 10.4. The normalized spacial score (nSPS) is 19.9. The molecule has 22 heavy (non-hydrogen) atoms. The molecule has 8 heteroatoms. The Bertz CT molecular complexity index is 643. The molecule has 0 N–H and O–H groups in total. The number of anilines is 1. The summed E-state index contributed by atoms with van der Waals surface area (Å²) >= 11 is 0. The van der Waals surface area contributed by atoms with Crippen LogP contribution in [0.25, 0.3) is 0 Å². The Labute approximate surface area is 131 Å². The molecule has 1 amide bonds. The van der Waals surface area contributed by atoms with Crippen molar-refractivity contribution in [2.24, 2.45) is 0 Å². The Balaban J connectivity index is 2.19. The highest BCUT2D eigenvalue weighted by Gasteiger charge is 2.32. The van der Waals surface area contributed by atoms with Gasteiger partial charge >= 0.3 is 0 Å². The zero-order chi connectivity index (χ0) is 16.3. The Morgan fingerprint density at radius 3 is 2.59 bits per heavy atom. The quantitative estimate of drug-likeness (QED) is 0.787. The van der Waals surface area contributed by atoms with Crippen LogP contribution in [0, 0.1) is 0 Å². The van der Waals surface area contributed by atoms with Gasteiger partial charge in [0.1, 0.15) is 5.69 Å². The molecule has 122 valence electrons. The average molecular weight is 326 g/mol. The summed E-state index contributed by atoms with van der Waals surface area (Å²) in [5.74, 6) is 0.558. The number of carbonyl (C=O) groups is 1. The predicted molar refractivity (Wildman–Crippen MR) is 84.7 cm³/mol. The number of aromatic nitrogens is 2. The van der Waals surface area contributed by atoms with Gasteiger partial charge in [-0.1, -0.05) is 0 Å². The minimum atomic E-state index is -2.97. The van der Waals surface area contributed by atoms with Crippen molar-refractivity contribution in [2.45, 2.75) is 26.3 Å². The highest BCUT2D eigenvalue weighted by Crippen LogP contribution is 2.20. The molecule has 1 aliphatic heterocycles. The lowest BCUT2D eigenvalue weighted by atomic mass is 10.2. The van der Waals surface area contributed by atoms with Crippen LogP contribution < -0.4 is 4.90 Å². The van der Waals surface area contributed by atoms with E-state index in [2.05, 4.69) is 9.97 Å². The van der Waals surface area contributed by atoms with Gasteiger partial charge < -0.3 is 9.80 Å². The van der Waals surface area contributed by atoms with Gasteiger partial charge in [0.15, 0.2) is 9.84 Å². The van der Waals surface area contributed by atoms with Crippen LogP contribution in [0.5, 0.6) is 0 Å². The minimum absolute atomic E-state index is 0.112. The largest absolute Gasteiger partial charge is 0.340 e. The van der Waals surface area contributed by atoms with Crippen LogP contribution in [0.1, 0.15) is 30.8 Å². The third-order valence-electron chi connectivity index (χ3n) is 3.98. The molecular weight excluding hydrogens is 304 g/mol. The fourth-order valence-electron chi connectivity index (χ4n) is 2.55. The second kappa shape index (κ2) is 6.60. The molecule has 1 saturated heterocycles. The van der Waals surface area contributed by atoms with Gasteiger partial charge in [-0.3, -0.25) is 4.79 Å². The van der Waals surface area contributed by atoms with Gasteiger partial charge in [0.05, 0.1) is 11.5 Å². The number of amides is 1. The molecule has 1 fully saturated rings. The summed E-state index contributed by atoms with van der Waals surface area (Å²) in [6.07, 6.45) is 2.11. The Kier molecular flexibility index (Phi) is 5.00. The van der Waals surface area contributed by atoms with Crippen LogP contribution in [0.4, 0.5) is 5.95 Å². The Hall–Kier alpha value is -1.70. The molecule has 0 bridgehead atoms. The highest BCUT2D eigenvalue weighted by atomic mass is 32.2. The molecule has 2 rings (SSSR count). The minimum Gasteiger partial charge on any atom is -0.340 e. The summed E-state index contributed by atoms with van der Waals surface area (Å²) in [5.41, 5.74) is 0.335. The fourth-order valence-corrected chi connectivity index (χ4v) is 4.33. The first kappa shape index (κ1) is 16.7. The van der Waals surface area contributed by atoms with Gasteiger partial charge in [-0.15, -0.1) is 0 Å². The highest BCUT2D eigenvalue weighted by molar-refractivity contribution is 7.91. The molecular formula is C14H22N4O3S. The molecule has 0 radical (unpaired) electrons. The van der Waals surface area contributed by atoms with E-state index in [1.165, 1.54) is 0 Å². The van der Waals surface area contributed by atoms with E-state index < -0.39 is 9.84 Å². The molecule has 0 saturated carbocycles. The van der Waals surface area contributed by atoms with Crippen molar-refractivity contribution >= 4 is 21.7 Å². The van der Waals surface area contributed by atoms with E-state index in [0.717, 1.165) is 0 Å². The van der Waals surface area contributed by atoms with E-state index in [0.29, 0.717) is 31.2 Å². The number of hydrogen-bond acceptors (Lipinski definition) is 6. The Morgan fingerprint density at radius 2 is 2.05 bits per heavy atom. The molecule has 1 aromatic rings. The van der Waals surface area contributed by atoms with Crippen molar-refractivity contribution in [1.29, 1.82) is 0 Å². The third kappa shape index (κ3) is 3.55. The summed E-state index contributed by atoms with van der Waals surface area (Å²) in [5, 5.41) is 0. The van der Waals surface area contributed by atoms with E-state index in [-0.39, 0.29) is 23.5 Å². The molecule has 1 atom stereocenters. The maximum Gasteiger partial charge on any atom is 0.272 e. The molecule has 0 aromatic carbocycles. The van der Waals surface area contributed by atoms with Gasteiger partial charge in [-0.2, -0.15) is 0 Å². The van der Waals surface area contributed by atoms with Gasteiger partial charge in [-0.25, -0.2) is 18.4 Å². The summed E-state index contributed by atoms with van der Waals surface area (Å²) in [4.78, 5) is 24.3. The molecule has 2 heterocycles. The zero-order valence-corrected chi connectivity index (χ0v) is 14.0. The number of rotatable bonds is 5. The first-order valence-corrected chi connectivity index (χ1v) is 9.25. The van der Waals surface area contributed by atoms with Gasteiger partial charge in [-0.05, 0) is 26.3 Å². The van der Waals surface area contributed by atoms with Crippen LogP contribution in [-0.4, -0.2) is 66.9 Å². The number of carbonyl (C=O) groups excluding carboxylic acids is 1. The van der Waals surface area contributed by atoms with Crippen molar-refractivity contribution in [2.75, 3.05) is 36.5 Å². The molecule has 1 unspecified atom stereocenters. The van der Waals surface area contributed by atoms with E-state index in [4.69, 9.17) is 0 Å². The van der Waals surface area contributed by atoms with Crippen molar-refractivity contribution in [1.82, 2.24) is 14.9 Å². The maximum atomic E-state index is 12.3. The lowest BCUT2D eigenvalue weighted by Crippen LogP contribution is -2.35. The SMILES string of the molecule is CCN(CC)C(=O)c1ccnc(N(C)C2CCS(=O)(=O)C2)n1. The standard InChI is InChI=1S/C14H22N4O3S/c1-4-18(5-2)13(19)12-6-8-15-14(16-12)17(3)11-7-9-22(20,21)10-11/h6,8,11H,4-5,7,9-10H2,1-3H3. The summed E-state index contributed by atoms with van der Waals surface area (Å²) in [6.45, 7) is 5.06. The van der Waals surface area contributed by atoms with Crippen molar-refractivity contribution in [3.05, 3.63) is 18.0 Å². The van der Waals surface area contributed by atoms with Crippen LogP contribution in [0.3, 0.4) is 0 Å². The smallest absolute Gasteiger partial charge is 0.272 e. The van der Waals surface area contributed by atoms with E-state index in [9.17, 15) is 13.2 Å². The summed E-state index contributed by atoms with van der Waals surface area (Å²) in [6, 6.07) is 1.45. The van der Waals surface area contributed by atoms with Gasteiger partial charge in [0.2, 0.25) is 5.95 Å². The predicted octanol–water partition coefficient (Wildman–Crippen LogP) is 0.582. The van der Waals surface area contributed by atoms with Crippen LogP contribution in [0.15, 0.2) is 12.3 Å². The maximum absolute atomic E-state index is 12.3. The first-order valence-electron chi connectivity index (χ1n) is 7.43. The third-order valence-corrected chi connectivity index (χ3v) is 5.73. The number of sulfone groups is 1. The van der Waals surface area contributed by atoms with Crippen molar-refractivity contribution in [3.8, 4) is 0 Å². The molecule has 0 aliphatic carbocycles. The van der Waals surface area contributed by atoms with Crippen molar-refractivity contribution in [3.63, 3.8) is 0 Å². The van der Waals surface area contributed by atoms with Gasteiger partial charge in [0, 0.05) is 32.4 Å². The monoisotopic (exact) mass is 326 g/mol. The zero-order valence-electron chi connectivity index (χ0n) is 13.2. The van der Waals surface area contributed by atoms with Crippen LogP contribution in [-0.2, 0) is 9.84 Å². The molecule has 0 spiro atoms. The second-order valence-corrected chi connectivity index (χ2v) is 7.62. The molecule has 1 aliphatic rings. The summed E-state index contributed by atoms with van der Waals surface area (Å²) in [7, 11) is -1.20. The lowest BCUT2D eigenvalue weighted by Gasteiger charge is -2.24. The Morgan fingerprint density at radius 1 is 1.36 bits per heavy atom. The lowest BCUT2D eigenvalue weighted by molar-refractivity contribution is 0.0767. The molecule has 7 nitrogen and oxygen atoms in total. The van der Waals surface area contributed by atoms with E-state index in [1.807, 2.05) is 13.8 Å². The van der Waals surface area contributed by atoms with E-state index in [1.54, 1.807) is 29.1 Å². The summed E-state index contributed by atoms with van der Waals surface area (Å²) < 4.78 is 23.2.